The Bertz CT molecular complexity index is 1100. The van der Waals surface area contributed by atoms with Gasteiger partial charge in [0.2, 0.25) is 0 Å². The summed E-state index contributed by atoms with van der Waals surface area (Å²) in [5.41, 5.74) is 2.06. The van der Waals surface area contributed by atoms with Crippen LogP contribution in [0, 0.1) is 13.8 Å². The number of benzene rings is 1. The number of rotatable bonds is 6. The van der Waals surface area contributed by atoms with Crippen molar-refractivity contribution in [2.75, 3.05) is 24.6 Å². The molecular formula is C24H31N5O3. The van der Waals surface area contributed by atoms with Crippen molar-refractivity contribution < 1.29 is 14.2 Å². The van der Waals surface area contributed by atoms with Gasteiger partial charge in [-0.3, -0.25) is 0 Å². The molecule has 8 nitrogen and oxygen atoms in total. The van der Waals surface area contributed by atoms with Crippen molar-refractivity contribution in [1.82, 2.24) is 19.7 Å². The molecule has 5 rings (SSSR count). The van der Waals surface area contributed by atoms with E-state index >= 15 is 0 Å². The lowest BCUT2D eigenvalue weighted by atomic mass is 10.1. The van der Waals surface area contributed by atoms with Crippen molar-refractivity contribution in [3.8, 4) is 11.6 Å². The highest BCUT2D eigenvalue weighted by atomic mass is 16.7. The lowest BCUT2D eigenvalue weighted by molar-refractivity contribution is -0.191. The molecule has 3 aromatic rings. The number of anilines is 1. The number of hydrogen-bond acceptors (Lipinski definition) is 7. The summed E-state index contributed by atoms with van der Waals surface area (Å²) in [7, 11) is 0. The van der Waals surface area contributed by atoms with Gasteiger partial charge in [-0.15, -0.1) is 0 Å². The minimum Gasteiger partial charge on any atom is -0.491 e. The van der Waals surface area contributed by atoms with Crippen molar-refractivity contribution in [3.05, 3.63) is 35.8 Å². The standard InChI is InChI=1S/C24H31N5O3/c1-15(2)31-21-10-20-18(9-16(21)3)12-25-29(20)23-11-22(26-17(4)27-23)28-13-19(14-28)32-24-7-5-6-8-30-24/h9-12,15,19,24H,5-8,13-14H2,1-4H3. The van der Waals surface area contributed by atoms with Gasteiger partial charge in [0.05, 0.1) is 23.9 Å². The summed E-state index contributed by atoms with van der Waals surface area (Å²) in [6, 6.07) is 6.15. The van der Waals surface area contributed by atoms with Crippen LogP contribution < -0.4 is 9.64 Å². The van der Waals surface area contributed by atoms with E-state index in [4.69, 9.17) is 14.2 Å². The first-order valence-electron chi connectivity index (χ1n) is 11.5. The van der Waals surface area contributed by atoms with Gasteiger partial charge in [-0.25, -0.2) is 14.6 Å². The normalized spacial score (nSPS) is 19.5. The molecule has 0 aliphatic carbocycles. The van der Waals surface area contributed by atoms with Crippen LogP contribution in [-0.2, 0) is 9.47 Å². The zero-order valence-electron chi connectivity index (χ0n) is 19.2. The molecule has 0 amide bonds. The quantitative estimate of drug-likeness (QED) is 0.578. The topological polar surface area (TPSA) is 74.5 Å². The Morgan fingerprint density at radius 1 is 1.06 bits per heavy atom. The van der Waals surface area contributed by atoms with Crippen LogP contribution in [0.15, 0.2) is 24.4 Å². The third kappa shape index (κ3) is 4.29. The van der Waals surface area contributed by atoms with Crippen molar-refractivity contribution >= 4 is 16.7 Å². The summed E-state index contributed by atoms with van der Waals surface area (Å²) in [4.78, 5) is 11.5. The molecule has 0 bridgehead atoms. The van der Waals surface area contributed by atoms with E-state index in [2.05, 4.69) is 33.0 Å². The molecule has 0 spiro atoms. The van der Waals surface area contributed by atoms with Crippen LogP contribution in [0.2, 0.25) is 0 Å². The number of aromatic nitrogens is 4. The molecule has 2 saturated heterocycles. The lowest BCUT2D eigenvalue weighted by Gasteiger charge is -2.41. The van der Waals surface area contributed by atoms with E-state index in [9.17, 15) is 0 Å². The largest absolute Gasteiger partial charge is 0.491 e. The summed E-state index contributed by atoms with van der Waals surface area (Å²) >= 11 is 0. The molecule has 8 heteroatoms. The Hall–Kier alpha value is -2.71. The summed E-state index contributed by atoms with van der Waals surface area (Å²) in [6.07, 6.45) is 5.40. The third-order valence-corrected chi connectivity index (χ3v) is 5.91. The molecule has 170 valence electrons. The van der Waals surface area contributed by atoms with Gasteiger partial charge in [0.25, 0.3) is 0 Å². The van der Waals surface area contributed by atoms with Gasteiger partial charge in [0.1, 0.15) is 17.4 Å². The number of ether oxygens (including phenoxy) is 3. The van der Waals surface area contributed by atoms with Crippen LogP contribution in [0.1, 0.15) is 44.5 Å². The summed E-state index contributed by atoms with van der Waals surface area (Å²) in [5, 5.41) is 5.67. The van der Waals surface area contributed by atoms with Crippen molar-refractivity contribution in [2.45, 2.75) is 65.5 Å². The molecule has 1 unspecified atom stereocenters. The molecular weight excluding hydrogens is 406 g/mol. The molecule has 0 radical (unpaired) electrons. The Labute approximate surface area is 188 Å². The highest BCUT2D eigenvalue weighted by Gasteiger charge is 2.32. The number of hydrogen-bond donors (Lipinski definition) is 0. The van der Waals surface area contributed by atoms with Crippen LogP contribution in [0.25, 0.3) is 16.7 Å². The van der Waals surface area contributed by atoms with Crippen LogP contribution in [0.4, 0.5) is 5.82 Å². The summed E-state index contributed by atoms with van der Waals surface area (Å²) in [6.45, 7) is 10.5. The van der Waals surface area contributed by atoms with Gasteiger partial charge in [0, 0.05) is 37.2 Å². The SMILES string of the molecule is Cc1nc(N2CC(OC3CCCCO3)C2)cc(-n2ncc3cc(C)c(OC(C)C)cc32)n1. The maximum Gasteiger partial charge on any atom is 0.159 e. The van der Waals surface area contributed by atoms with E-state index in [1.807, 2.05) is 43.8 Å². The van der Waals surface area contributed by atoms with Gasteiger partial charge in [-0.2, -0.15) is 5.10 Å². The van der Waals surface area contributed by atoms with Crippen molar-refractivity contribution in [3.63, 3.8) is 0 Å². The Morgan fingerprint density at radius 3 is 2.62 bits per heavy atom. The average molecular weight is 438 g/mol. The van der Waals surface area contributed by atoms with E-state index < -0.39 is 0 Å². The molecule has 1 aromatic carbocycles. The fraction of sp³-hybridized carbons (Fsp3) is 0.542. The molecule has 2 aliphatic rings. The first-order chi connectivity index (χ1) is 15.5. The predicted octanol–water partition coefficient (Wildman–Crippen LogP) is 3.95. The minimum atomic E-state index is -0.0558. The Morgan fingerprint density at radius 2 is 1.88 bits per heavy atom. The van der Waals surface area contributed by atoms with Crippen LogP contribution in [-0.4, -0.2) is 57.9 Å². The second-order valence-electron chi connectivity index (χ2n) is 8.99. The molecule has 32 heavy (non-hydrogen) atoms. The molecule has 1 atom stereocenters. The first-order valence-corrected chi connectivity index (χ1v) is 11.5. The van der Waals surface area contributed by atoms with Crippen LogP contribution >= 0.6 is 0 Å². The second kappa shape index (κ2) is 8.67. The molecule has 0 saturated carbocycles. The Kier molecular flexibility index (Phi) is 5.73. The van der Waals surface area contributed by atoms with Gasteiger partial charge in [-0.05, 0) is 58.6 Å². The van der Waals surface area contributed by atoms with E-state index in [0.717, 1.165) is 66.4 Å². The zero-order chi connectivity index (χ0) is 22.2. The Balaban J connectivity index is 1.37. The minimum absolute atomic E-state index is 0.0558. The fourth-order valence-electron chi connectivity index (χ4n) is 4.28. The van der Waals surface area contributed by atoms with E-state index in [1.165, 1.54) is 6.42 Å². The van der Waals surface area contributed by atoms with Crippen molar-refractivity contribution in [1.29, 1.82) is 0 Å². The number of aryl methyl sites for hydroxylation is 2. The zero-order valence-corrected chi connectivity index (χ0v) is 19.2. The van der Waals surface area contributed by atoms with Crippen LogP contribution in [0.5, 0.6) is 5.75 Å². The maximum atomic E-state index is 6.09. The fourth-order valence-corrected chi connectivity index (χ4v) is 4.28. The van der Waals surface area contributed by atoms with Crippen molar-refractivity contribution in [2.24, 2.45) is 0 Å². The third-order valence-electron chi connectivity index (χ3n) is 5.91. The monoisotopic (exact) mass is 437 g/mol. The second-order valence-corrected chi connectivity index (χ2v) is 8.99. The highest BCUT2D eigenvalue weighted by molar-refractivity contribution is 5.83. The average Bonchev–Trinajstić information content (AvgIpc) is 3.13. The summed E-state index contributed by atoms with van der Waals surface area (Å²) < 4.78 is 19.7. The van der Waals surface area contributed by atoms with Gasteiger partial charge in [-0.1, -0.05) is 0 Å². The smallest absolute Gasteiger partial charge is 0.159 e. The molecule has 4 heterocycles. The number of nitrogens with zero attached hydrogens (tertiary/aromatic N) is 5. The van der Waals surface area contributed by atoms with Gasteiger partial charge < -0.3 is 19.1 Å². The van der Waals surface area contributed by atoms with E-state index in [1.54, 1.807) is 0 Å². The van der Waals surface area contributed by atoms with E-state index in [0.29, 0.717) is 5.82 Å². The molecule has 2 fully saturated rings. The van der Waals surface area contributed by atoms with Gasteiger partial charge in [0.15, 0.2) is 12.1 Å². The summed E-state index contributed by atoms with van der Waals surface area (Å²) in [5.74, 6) is 3.23. The lowest BCUT2D eigenvalue weighted by Crippen LogP contribution is -2.54. The maximum absolute atomic E-state index is 6.09. The number of fused-ring (bicyclic) bond motifs is 1. The van der Waals surface area contributed by atoms with E-state index in [-0.39, 0.29) is 18.5 Å². The predicted molar refractivity (Wildman–Crippen MR) is 123 cm³/mol. The highest BCUT2D eigenvalue weighted by Crippen LogP contribution is 2.29. The van der Waals surface area contributed by atoms with Crippen LogP contribution in [0.3, 0.4) is 0 Å². The first kappa shape index (κ1) is 21.2. The molecule has 0 N–H and O–H groups in total. The molecule has 2 aliphatic heterocycles. The molecule has 2 aromatic heterocycles. The van der Waals surface area contributed by atoms with Gasteiger partial charge >= 0.3 is 0 Å².